The normalized spacial score (nSPS) is 16.3. The van der Waals surface area contributed by atoms with Crippen molar-refractivity contribution in [3.8, 4) is 0 Å². The zero-order valence-corrected chi connectivity index (χ0v) is 10.5. The number of hydrogen-bond donors (Lipinski definition) is 1. The van der Waals surface area contributed by atoms with E-state index in [4.69, 9.17) is 0 Å². The molecule has 0 aliphatic rings. The maximum absolute atomic E-state index is 4.26. The highest BCUT2D eigenvalue weighted by Gasteiger charge is 2.17. The molecule has 1 aromatic rings. The number of nitrogens with one attached hydrogen (secondary N) is 1. The Labute approximate surface area is 92.9 Å². The van der Waals surface area contributed by atoms with Crippen molar-refractivity contribution in [1.82, 2.24) is 15.1 Å². The fourth-order valence-corrected chi connectivity index (χ4v) is 1.39. The van der Waals surface area contributed by atoms with Gasteiger partial charge in [0, 0.05) is 25.0 Å². The fourth-order valence-electron chi connectivity index (χ4n) is 1.39. The van der Waals surface area contributed by atoms with Gasteiger partial charge in [0.15, 0.2) is 0 Å². The molecule has 86 valence electrons. The standard InChI is InChI=1S/C12H23N3/c1-10(13-9-12(3,4)5)11(2)15-8-6-7-14-15/h6-8,10-11,13H,9H2,1-5H3/t10-,11+/m1/s1. The Morgan fingerprint density at radius 2 is 2.00 bits per heavy atom. The molecule has 0 saturated carbocycles. The molecule has 1 rings (SSSR count). The largest absolute Gasteiger partial charge is 0.312 e. The molecule has 0 radical (unpaired) electrons. The summed E-state index contributed by atoms with van der Waals surface area (Å²) in [6, 6.07) is 2.79. The van der Waals surface area contributed by atoms with E-state index in [1.807, 2.05) is 23.1 Å². The van der Waals surface area contributed by atoms with Crippen LogP contribution in [-0.4, -0.2) is 22.4 Å². The average Bonchev–Trinajstić information content (AvgIpc) is 2.64. The Hall–Kier alpha value is -0.830. The second kappa shape index (κ2) is 4.79. The third-order valence-corrected chi connectivity index (χ3v) is 2.62. The number of aromatic nitrogens is 2. The second-order valence-corrected chi connectivity index (χ2v) is 5.46. The van der Waals surface area contributed by atoms with Crippen molar-refractivity contribution in [2.24, 2.45) is 5.41 Å². The molecule has 15 heavy (non-hydrogen) atoms. The molecule has 0 aliphatic heterocycles. The summed E-state index contributed by atoms with van der Waals surface area (Å²) in [7, 11) is 0. The Kier molecular flexibility index (Phi) is 3.91. The number of nitrogens with zero attached hydrogens (tertiary/aromatic N) is 2. The summed E-state index contributed by atoms with van der Waals surface area (Å²) in [6.07, 6.45) is 3.84. The Bertz CT molecular complexity index is 272. The molecule has 0 fully saturated rings. The van der Waals surface area contributed by atoms with E-state index in [1.165, 1.54) is 0 Å². The van der Waals surface area contributed by atoms with E-state index in [9.17, 15) is 0 Å². The van der Waals surface area contributed by atoms with Gasteiger partial charge < -0.3 is 5.32 Å². The van der Waals surface area contributed by atoms with Crippen molar-refractivity contribution in [2.75, 3.05) is 6.54 Å². The van der Waals surface area contributed by atoms with Crippen LogP contribution in [0.15, 0.2) is 18.5 Å². The van der Waals surface area contributed by atoms with Crippen molar-refractivity contribution < 1.29 is 0 Å². The van der Waals surface area contributed by atoms with E-state index in [0.717, 1.165) is 6.54 Å². The molecular formula is C12H23N3. The summed E-state index contributed by atoms with van der Waals surface area (Å²) in [5, 5.41) is 7.81. The molecule has 0 bridgehead atoms. The molecule has 1 heterocycles. The zero-order chi connectivity index (χ0) is 11.5. The van der Waals surface area contributed by atoms with Crippen molar-refractivity contribution >= 4 is 0 Å². The smallest absolute Gasteiger partial charge is 0.0641 e. The quantitative estimate of drug-likeness (QED) is 0.825. The van der Waals surface area contributed by atoms with E-state index in [-0.39, 0.29) is 0 Å². The summed E-state index contributed by atoms with van der Waals surface area (Å²) < 4.78 is 2.00. The highest BCUT2D eigenvalue weighted by Crippen LogP contribution is 2.14. The molecule has 0 aliphatic carbocycles. The van der Waals surface area contributed by atoms with Crippen LogP contribution in [0.5, 0.6) is 0 Å². The van der Waals surface area contributed by atoms with Gasteiger partial charge in [-0.05, 0) is 25.3 Å². The van der Waals surface area contributed by atoms with Crippen LogP contribution in [0.25, 0.3) is 0 Å². The predicted octanol–water partition coefficient (Wildman–Crippen LogP) is 2.47. The van der Waals surface area contributed by atoms with Gasteiger partial charge in [0.1, 0.15) is 0 Å². The highest BCUT2D eigenvalue weighted by molar-refractivity contribution is 4.84. The van der Waals surface area contributed by atoms with Gasteiger partial charge in [0.2, 0.25) is 0 Å². The summed E-state index contributed by atoms with van der Waals surface area (Å²) >= 11 is 0. The molecule has 1 N–H and O–H groups in total. The van der Waals surface area contributed by atoms with Gasteiger partial charge in [-0.15, -0.1) is 0 Å². The third kappa shape index (κ3) is 4.04. The summed E-state index contributed by atoms with van der Waals surface area (Å²) in [5.74, 6) is 0. The molecule has 0 saturated heterocycles. The molecule has 3 heteroatoms. The predicted molar refractivity (Wildman–Crippen MR) is 63.9 cm³/mol. The van der Waals surface area contributed by atoms with Crippen LogP contribution in [0, 0.1) is 5.41 Å². The second-order valence-electron chi connectivity index (χ2n) is 5.46. The van der Waals surface area contributed by atoms with Crippen LogP contribution in [-0.2, 0) is 0 Å². The maximum atomic E-state index is 4.26. The summed E-state index contributed by atoms with van der Waals surface area (Å²) in [6.45, 7) is 12.1. The maximum Gasteiger partial charge on any atom is 0.0641 e. The van der Waals surface area contributed by atoms with Crippen LogP contribution in [0.3, 0.4) is 0 Å². The highest BCUT2D eigenvalue weighted by atomic mass is 15.3. The van der Waals surface area contributed by atoms with E-state index in [1.54, 1.807) is 0 Å². The van der Waals surface area contributed by atoms with Gasteiger partial charge in [-0.3, -0.25) is 4.68 Å². The molecule has 0 aromatic carbocycles. The van der Waals surface area contributed by atoms with E-state index in [2.05, 4.69) is 45.0 Å². The van der Waals surface area contributed by atoms with Crippen molar-refractivity contribution in [2.45, 2.75) is 46.7 Å². The minimum absolute atomic E-state index is 0.331. The Balaban J connectivity index is 2.44. The molecule has 2 atom stereocenters. The van der Waals surface area contributed by atoms with E-state index >= 15 is 0 Å². The van der Waals surface area contributed by atoms with Gasteiger partial charge in [0.25, 0.3) is 0 Å². The first-order valence-electron chi connectivity index (χ1n) is 5.63. The van der Waals surface area contributed by atoms with Crippen LogP contribution < -0.4 is 5.32 Å². The molecular weight excluding hydrogens is 186 g/mol. The SMILES string of the molecule is C[C@@H](NCC(C)(C)C)[C@H](C)n1cccn1. The van der Waals surface area contributed by atoms with Gasteiger partial charge in [-0.2, -0.15) is 5.10 Å². The number of hydrogen-bond acceptors (Lipinski definition) is 2. The number of rotatable bonds is 4. The summed E-state index contributed by atoms with van der Waals surface area (Å²) in [5.41, 5.74) is 0.331. The lowest BCUT2D eigenvalue weighted by Gasteiger charge is -2.26. The van der Waals surface area contributed by atoms with Gasteiger partial charge in [-0.25, -0.2) is 0 Å². The minimum Gasteiger partial charge on any atom is -0.312 e. The monoisotopic (exact) mass is 209 g/mol. The fraction of sp³-hybridized carbons (Fsp3) is 0.750. The minimum atomic E-state index is 0.331. The zero-order valence-electron chi connectivity index (χ0n) is 10.5. The van der Waals surface area contributed by atoms with Crippen LogP contribution >= 0.6 is 0 Å². The Morgan fingerprint density at radius 1 is 1.33 bits per heavy atom. The molecule has 0 spiro atoms. The lowest BCUT2D eigenvalue weighted by molar-refractivity contribution is 0.306. The van der Waals surface area contributed by atoms with E-state index in [0.29, 0.717) is 17.5 Å². The van der Waals surface area contributed by atoms with E-state index < -0.39 is 0 Å². The van der Waals surface area contributed by atoms with Crippen molar-refractivity contribution in [1.29, 1.82) is 0 Å². The molecule has 0 amide bonds. The lowest BCUT2D eigenvalue weighted by atomic mass is 9.96. The first-order chi connectivity index (χ1) is 6.90. The molecule has 3 nitrogen and oxygen atoms in total. The molecule has 0 unspecified atom stereocenters. The van der Waals surface area contributed by atoms with Crippen LogP contribution in [0.2, 0.25) is 0 Å². The van der Waals surface area contributed by atoms with Gasteiger partial charge in [-0.1, -0.05) is 20.8 Å². The first kappa shape index (κ1) is 12.2. The topological polar surface area (TPSA) is 29.9 Å². The van der Waals surface area contributed by atoms with Crippen LogP contribution in [0.1, 0.15) is 40.7 Å². The summed E-state index contributed by atoms with van der Waals surface area (Å²) in [4.78, 5) is 0. The van der Waals surface area contributed by atoms with Crippen LogP contribution in [0.4, 0.5) is 0 Å². The van der Waals surface area contributed by atoms with Crippen molar-refractivity contribution in [3.63, 3.8) is 0 Å². The molecule has 1 aromatic heterocycles. The lowest BCUT2D eigenvalue weighted by Crippen LogP contribution is -2.38. The van der Waals surface area contributed by atoms with Gasteiger partial charge >= 0.3 is 0 Å². The van der Waals surface area contributed by atoms with Gasteiger partial charge in [0.05, 0.1) is 6.04 Å². The first-order valence-corrected chi connectivity index (χ1v) is 5.63. The third-order valence-electron chi connectivity index (χ3n) is 2.62. The average molecular weight is 209 g/mol. The Morgan fingerprint density at radius 3 is 2.47 bits per heavy atom. The van der Waals surface area contributed by atoms with Crippen molar-refractivity contribution in [3.05, 3.63) is 18.5 Å².